The molecule has 2 aliphatic rings. The zero-order valence-electron chi connectivity index (χ0n) is 14.3. The molecule has 0 atom stereocenters. The first-order chi connectivity index (χ1) is 12.3. The second kappa shape index (κ2) is 4.61. The zero-order chi connectivity index (χ0) is 16.5. The van der Waals surface area contributed by atoms with Crippen LogP contribution in [0.25, 0.3) is 33.0 Å². The van der Waals surface area contributed by atoms with Crippen molar-refractivity contribution < 1.29 is 0 Å². The summed E-state index contributed by atoms with van der Waals surface area (Å²) in [5.74, 6) is 0. The van der Waals surface area contributed by atoms with Crippen LogP contribution in [0, 0.1) is 6.92 Å². The van der Waals surface area contributed by atoms with E-state index in [4.69, 9.17) is 0 Å². The first kappa shape index (κ1) is 13.4. The molecule has 2 aliphatic carbocycles. The van der Waals surface area contributed by atoms with Crippen LogP contribution in [0.15, 0.2) is 66.7 Å². The van der Waals surface area contributed by atoms with Gasteiger partial charge in [0.05, 0.1) is 0 Å². The first-order valence-corrected chi connectivity index (χ1v) is 9.04. The number of fused-ring (bicyclic) bond motifs is 7. The lowest BCUT2D eigenvalue weighted by Crippen LogP contribution is -1.85. The highest BCUT2D eigenvalue weighted by Gasteiger charge is 2.25. The molecule has 0 aliphatic heterocycles. The summed E-state index contributed by atoms with van der Waals surface area (Å²) in [6.45, 7) is 2.19. The maximum atomic E-state index is 2.46. The maximum absolute atomic E-state index is 2.46. The Morgan fingerprint density at radius 3 is 1.84 bits per heavy atom. The van der Waals surface area contributed by atoms with Crippen LogP contribution < -0.4 is 0 Å². The summed E-state index contributed by atoms with van der Waals surface area (Å²) in [7, 11) is 0. The minimum atomic E-state index is 1.06. The van der Waals surface area contributed by atoms with E-state index in [0.29, 0.717) is 0 Å². The third-order valence-electron chi connectivity index (χ3n) is 5.90. The van der Waals surface area contributed by atoms with Crippen LogP contribution in [0.3, 0.4) is 0 Å². The number of hydrogen-bond acceptors (Lipinski definition) is 0. The van der Waals surface area contributed by atoms with Gasteiger partial charge in [-0.2, -0.15) is 0 Å². The first-order valence-electron chi connectivity index (χ1n) is 9.04. The van der Waals surface area contributed by atoms with Crippen LogP contribution in [0.1, 0.15) is 27.8 Å². The second-order valence-corrected chi connectivity index (χ2v) is 7.54. The van der Waals surface area contributed by atoms with Crippen molar-refractivity contribution in [2.45, 2.75) is 19.8 Å². The van der Waals surface area contributed by atoms with E-state index in [0.717, 1.165) is 12.8 Å². The molecule has 0 radical (unpaired) electrons. The monoisotopic (exact) mass is 318 g/mol. The van der Waals surface area contributed by atoms with Crippen molar-refractivity contribution in [3.8, 4) is 22.3 Å². The van der Waals surface area contributed by atoms with Gasteiger partial charge in [0.25, 0.3) is 0 Å². The highest BCUT2D eigenvalue weighted by Crippen LogP contribution is 2.45. The molecule has 118 valence electrons. The van der Waals surface area contributed by atoms with Crippen LogP contribution in [0.2, 0.25) is 0 Å². The lowest BCUT2D eigenvalue weighted by atomic mass is 9.97. The highest BCUT2D eigenvalue weighted by molar-refractivity contribution is 5.93. The fraction of sp³-hybridized carbons (Fsp3) is 0.120. The molecular weight excluding hydrogens is 300 g/mol. The summed E-state index contributed by atoms with van der Waals surface area (Å²) in [5.41, 5.74) is 13.1. The second-order valence-electron chi connectivity index (χ2n) is 7.54. The molecule has 4 aromatic carbocycles. The normalized spacial score (nSPS) is 13.5. The van der Waals surface area contributed by atoms with Gasteiger partial charge in [0.2, 0.25) is 0 Å². The van der Waals surface area contributed by atoms with Gasteiger partial charge in [0.1, 0.15) is 0 Å². The molecule has 0 unspecified atom stereocenters. The molecule has 0 heterocycles. The van der Waals surface area contributed by atoms with Crippen molar-refractivity contribution in [1.82, 2.24) is 0 Å². The predicted octanol–water partition coefficient (Wildman–Crippen LogP) is 6.29. The van der Waals surface area contributed by atoms with E-state index in [9.17, 15) is 0 Å². The van der Waals surface area contributed by atoms with Gasteiger partial charge in [-0.05, 0) is 93.2 Å². The smallest absolute Gasteiger partial charge is 0.00130 e. The van der Waals surface area contributed by atoms with E-state index in [-0.39, 0.29) is 0 Å². The molecule has 25 heavy (non-hydrogen) atoms. The van der Waals surface area contributed by atoms with Gasteiger partial charge in [-0.25, -0.2) is 0 Å². The molecule has 0 spiro atoms. The van der Waals surface area contributed by atoms with E-state index in [1.54, 1.807) is 0 Å². The minimum Gasteiger partial charge on any atom is -0.0616 e. The van der Waals surface area contributed by atoms with Gasteiger partial charge in [0.15, 0.2) is 0 Å². The zero-order valence-corrected chi connectivity index (χ0v) is 14.3. The third-order valence-corrected chi connectivity index (χ3v) is 5.90. The molecular formula is C25H18. The Hall–Kier alpha value is -2.86. The quantitative estimate of drug-likeness (QED) is 0.309. The molecule has 0 nitrogen and oxygen atoms in total. The van der Waals surface area contributed by atoms with Crippen LogP contribution >= 0.6 is 0 Å². The standard InChI is InChI=1S/C25H18/c1-15-6-7-22-18(8-15)10-20-14-25-21(13-23(20)22)11-19-9-16-4-2-3-5-17(16)12-24(19)25/h2-9,12-14H,10-11H2,1H3. The molecule has 0 heteroatoms. The summed E-state index contributed by atoms with van der Waals surface area (Å²) in [5, 5.41) is 2.69. The lowest BCUT2D eigenvalue weighted by Gasteiger charge is -2.07. The molecule has 6 rings (SSSR count). The summed E-state index contributed by atoms with van der Waals surface area (Å²) in [6.07, 6.45) is 2.13. The van der Waals surface area contributed by atoms with Gasteiger partial charge >= 0.3 is 0 Å². The van der Waals surface area contributed by atoms with Crippen molar-refractivity contribution in [1.29, 1.82) is 0 Å². The predicted molar refractivity (Wildman–Crippen MR) is 105 cm³/mol. The number of rotatable bonds is 0. The molecule has 0 bridgehead atoms. The van der Waals surface area contributed by atoms with Gasteiger partial charge in [-0.1, -0.05) is 54.1 Å². The van der Waals surface area contributed by atoms with Crippen molar-refractivity contribution in [2.24, 2.45) is 0 Å². The number of aryl methyl sites for hydroxylation is 1. The van der Waals surface area contributed by atoms with Crippen molar-refractivity contribution >= 4 is 10.8 Å². The number of benzene rings is 4. The Morgan fingerprint density at radius 2 is 1.08 bits per heavy atom. The maximum Gasteiger partial charge on any atom is -0.00130 e. The van der Waals surface area contributed by atoms with Gasteiger partial charge in [-0.3, -0.25) is 0 Å². The fourth-order valence-corrected chi connectivity index (χ4v) is 4.71. The van der Waals surface area contributed by atoms with Crippen molar-refractivity contribution in [2.75, 3.05) is 0 Å². The summed E-state index contributed by atoms with van der Waals surface area (Å²) in [6, 6.07) is 25.3. The lowest BCUT2D eigenvalue weighted by molar-refractivity contribution is 1.23. The highest BCUT2D eigenvalue weighted by atomic mass is 14.3. The molecule has 0 saturated carbocycles. The summed E-state index contributed by atoms with van der Waals surface area (Å²) >= 11 is 0. The summed E-state index contributed by atoms with van der Waals surface area (Å²) < 4.78 is 0. The Balaban J connectivity index is 1.56. The Morgan fingerprint density at radius 1 is 0.520 bits per heavy atom. The SMILES string of the molecule is Cc1ccc2c(c1)Cc1cc3c(cc1-2)Cc1cc2ccccc2cc1-3. The molecule has 4 aromatic rings. The average molecular weight is 318 g/mol. The molecule has 0 aromatic heterocycles. The molecule has 0 saturated heterocycles. The van der Waals surface area contributed by atoms with Crippen molar-refractivity contribution in [3.05, 3.63) is 94.5 Å². The van der Waals surface area contributed by atoms with Crippen molar-refractivity contribution in [3.63, 3.8) is 0 Å². The molecule has 0 fully saturated rings. The van der Waals surface area contributed by atoms with E-state index in [1.807, 2.05) is 0 Å². The van der Waals surface area contributed by atoms with Gasteiger partial charge in [-0.15, -0.1) is 0 Å². The molecule has 0 N–H and O–H groups in total. The van der Waals surface area contributed by atoms with E-state index >= 15 is 0 Å². The third kappa shape index (κ3) is 1.83. The summed E-state index contributed by atoms with van der Waals surface area (Å²) in [4.78, 5) is 0. The largest absolute Gasteiger partial charge is 0.0616 e. The average Bonchev–Trinajstić information content (AvgIpc) is 3.14. The Labute approximate surface area is 147 Å². The van der Waals surface area contributed by atoms with E-state index < -0.39 is 0 Å². The Bertz CT molecular complexity index is 1190. The van der Waals surface area contributed by atoms with Crippen LogP contribution in [-0.4, -0.2) is 0 Å². The van der Waals surface area contributed by atoms with E-state index in [2.05, 4.69) is 73.7 Å². The fourth-order valence-electron chi connectivity index (χ4n) is 4.71. The molecule has 0 amide bonds. The number of hydrogen-bond donors (Lipinski definition) is 0. The van der Waals surface area contributed by atoms with E-state index in [1.165, 1.54) is 60.8 Å². The van der Waals surface area contributed by atoms with Gasteiger partial charge in [0, 0.05) is 0 Å². The topological polar surface area (TPSA) is 0 Å². The minimum absolute atomic E-state index is 1.06. The van der Waals surface area contributed by atoms with Gasteiger partial charge < -0.3 is 0 Å². The Kier molecular flexibility index (Phi) is 2.48. The van der Waals surface area contributed by atoms with Crippen LogP contribution in [0.5, 0.6) is 0 Å². The van der Waals surface area contributed by atoms with Crippen LogP contribution in [-0.2, 0) is 12.8 Å². The van der Waals surface area contributed by atoms with Crippen LogP contribution in [0.4, 0.5) is 0 Å².